The molecule has 105 heavy (non-hydrogen) atoms. The van der Waals surface area contributed by atoms with Crippen LogP contribution in [0.1, 0.15) is 164 Å². The number of fused-ring (bicyclic) bond motifs is 6. The standard InChI is InChI=1S/C15H18.4C14H16O3S.C14H16.O3S/c1-11-8-9-12-6-5-7-14(13(12)10-11)15(2,3)4;1-14(2,3)12-8-4-7-11-10(12)6-5-9-13(11)18(15,16)17;1-14(2,3)11-8-4-6-10-7-5-9-12(13(10)11)18(15,16)17;1-14(2,3)13-6-4-5-10-9-11(18(15,16)17)7-8-12(10)13;1-14(2,3)12-8-9-13(18(15,16)17)11-7-5-4-6-10(11)12;1-14(2,3)13-10-6-8-11-7-4-5-9-12(11)13;1-4(2)3/h5-10H,1-4H3;4*4-9H,1-3H3,(H,15,16,17);4-10H,1-3H3;. The predicted octanol–water partition coefficient (Wildman–Crippen LogP) is 21.1. The van der Waals surface area contributed by atoms with E-state index >= 15 is 0 Å². The second-order valence-corrected chi connectivity index (χ2v) is 37.8. The van der Waals surface area contributed by atoms with Gasteiger partial charge in [0.1, 0.15) is 14.7 Å². The summed E-state index contributed by atoms with van der Waals surface area (Å²) in [7, 11) is -19.8. The van der Waals surface area contributed by atoms with Crippen LogP contribution >= 0.6 is 0 Å². The number of hydrogen-bond acceptors (Lipinski definition) is 11. The highest BCUT2D eigenvalue weighted by molar-refractivity contribution is 7.86. The summed E-state index contributed by atoms with van der Waals surface area (Å²) in [5.74, 6) is 0. The van der Waals surface area contributed by atoms with Gasteiger partial charge in [0.25, 0.3) is 40.5 Å². The molecule has 0 bridgehead atoms. The smallest absolute Gasteiger partial charge is 0.282 e. The van der Waals surface area contributed by atoms with Gasteiger partial charge in [-0.2, -0.15) is 33.7 Å². The third-order valence-corrected chi connectivity index (χ3v) is 20.9. The molecule has 558 valence electrons. The molecule has 0 saturated heterocycles. The minimum Gasteiger partial charge on any atom is -0.282 e. The van der Waals surface area contributed by atoms with E-state index in [0.29, 0.717) is 16.2 Å². The predicted molar refractivity (Wildman–Crippen MR) is 430 cm³/mol. The van der Waals surface area contributed by atoms with Crippen LogP contribution in [-0.4, -0.2) is 64.5 Å². The summed E-state index contributed by atoms with van der Waals surface area (Å²) < 4.78 is 153. The van der Waals surface area contributed by atoms with E-state index in [1.165, 1.54) is 68.6 Å². The summed E-state index contributed by atoms with van der Waals surface area (Å²) in [6.07, 6.45) is 0. The summed E-state index contributed by atoms with van der Waals surface area (Å²) >= 11 is 0. The quantitative estimate of drug-likeness (QED) is 0.119. The first-order chi connectivity index (χ1) is 48.1. The maximum atomic E-state index is 11.5. The molecule has 12 rings (SSSR count). The van der Waals surface area contributed by atoms with Crippen LogP contribution in [0.3, 0.4) is 0 Å². The Morgan fingerprint density at radius 3 is 0.990 bits per heavy atom. The van der Waals surface area contributed by atoms with E-state index in [4.69, 9.17) is 17.2 Å². The van der Waals surface area contributed by atoms with Gasteiger partial charge in [0.15, 0.2) is 0 Å². The molecule has 0 aliphatic heterocycles. The molecule has 0 spiro atoms. The first-order valence-electron chi connectivity index (χ1n) is 33.9. The van der Waals surface area contributed by atoms with Crippen LogP contribution in [0.15, 0.2) is 244 Å². The molecule has 0 aliphatic rings. The van der Waals surface area contributed by atoms with Gasteiger partial charge in [-0.15, -0.1) is 12.6 Å². The van der Waals surface area contributed by atoms with E-state index in [1.54, 1.807) is 42.5 Å². The van der Waals surface area contributed by atoms with E-state index in [-0.39, 0.29) is 52.1 Å². The molecule has 0 aliphatic carbocycles. The first-order valence-corrected chi connectivity index (χ1v) is 40.6. The van der Waals surface area contributed by atoms with Gasteiger partial charge in [0, 0.05) is 16.2 Å². The lowest BCUT2D eigenvalue weighted by molar-refractivity contribution is 0.481. The van der Waals surface area contributed by atoms with Crippen LogP contribution in [0.5, 0.6) is 0 Å². The fourth-order valence-electron chi connectivity index (χ4n) is 12.5. The van der Waals surface area contributed by atoms with Crippen LogP contribution in [0.4, 0.5) is 0 Å². The van der Waals surface area contributed by atoms with Gasteiger partial charge in [0.2, 0.25) is 0 Å². The lowest BCUT2D eigenvalue weighted by Crippen LogP contribution is -2.13. The molecule has 12 aromatic carbocycles. The number of rotatable bonds is 4. The van der Waals surface area contributed by atoms with Crippen LogP contribution < -0.4 is 0 Å². The molecule has 0 aromatic heterocycles. The number of aryl methyl sites for hydroxylation is 1. The minimum atomic E-state index is -4.21. The van der Waals surface area contributed by atoms with Crippen molar-refractivity contribution in [3.8, 4) is 0 Å². The molecule has 0 fully saturated rings. The average Bonchev–Trinajstić information content (AvgIpc) is 0.781. The maximum absolute atomic E-state index is 11.5. The molecule has 0 atom stereocenters. The van der Waals surface area contributed by atoms with Crippen molar-refractivity contribution in [2.24, 2.45) is 0 Å². The Hall–Kier alpha value is -8.54. The average molecular weight is 1520 g/mol. The maximum Gasteiger partial charge on any atom is 0.425 e. The highest BCUT2D eigenvalue weighted by Gasteiger charge is 2.26. The second kappa shape index (κ2) is 33.1. The van der Waals surface area contributed by atoms with E-state index in [1.807, 2.05) is 93.6 Å². The highest BCUT2D eigenvalue weighted by Crippen LogP contribution is 2.38. The molecule has 12 aromatic rings. The summed E-state index contributed by atoms with van der Waals surface area (Å²) in [6.45, 7) is 40.5. The Balaban J connectivity index is 0.000000196. The van der Waals surface area contributed by atoms with Crippen molar-refractivity contribution >= 4 is 116 Å². The van der Waals surface area contributed by atoms with Gasteiger partial charge in [-0.05, 0) is 152 Å². The molecule has 0 unspecified atom stereocenters. The second-order valence-electron chi connectivity index (χ2n) is 31.8. The Bertz CT molecular complexity index is 5650. The van der Waals surface area contributed by atoms with Crippen molar-refractivity contribution in [3.63, 3.8) is 0 Å². The van der Waals surface area contributed by atoms with Gasteiger partial charge in [-0.1, -0.05) is 324 Å². The van der Waals surface area contributed by atoms with E-state index in [0.717, 1.165) is 49.2 Å². The fraction of sp³-hybridized carbons (Fsp3) is 0.294. The van der Waals surface area contributed by atoms with Crippen molar-refractivity contribution in [2.45, 2.75) is 184 Å². The van der Waals surface area contributed by atoms with Gasteiger partial charge < -0.3 is 0 Å². The third-order valence-electron chi connectivity index (χ3n) is 17.3. The Morgan fingerprint density at radius 2 is 0.543 bits per heavy atom. The largest absolute Gasteiger partial charge is 0.425 e. The van der Waals surface area contributed by atoms with Crippen LogP contribution in [-0.2, 0) is 83.6 Å². The molecule has 20 heteroatoms. The molecule has 15 nitrogen and oxygen atoms in total. The SMILES string of the molecule is CC(C)(C)c1ccc(S(=O)(=O)O)c2ccccc12.CC(C)(C)c1cccc2c(S(=O)(=O)O)cccc12.CC(C)(C)c1cccc2cc(S(=O)(=O)O)ccc12.CC(C)(C)c1cccc2cccc(S(=O)(=O)O)c12.CC(C)(C)c1cccc2ccccc12.Cc1ccc2cccc(C(C)(C)C)c2c1.O=S(=O)=O. The molecule has 0 saturated carbocycles. The zero-order chi connectivity index (χ0) is 79.0. The Labute approximate surface area is 622 Å². The third kappa shape index (κ3) is 23.0. The van der Waals surface area contributed by atoms with Crippen molar-refractivity contribution in [1.82, 2.24) is 0 Å². The molecule has 4 N–H and O–H groups in total. The van der Waals surface area contributed by atoms with E-state index in [2.05, 4.69) is 190 Å². The molecule has 0 amide bonds. The lowest BCUT2D eigenvalue weighted by atomic mass is 9.83. The fourth-order valence-corrected chi connectivity index (χ4v) is 15.1. The topological polar surface area (TPSA) is 269 Å². The zero-order valence-electron chi connectivity index (χ0n) is 63.2. The van der Waals surface area contributed by atoms with Crippen molar-refractivity contribution < 1.29 is 64.5 Å². The van der Waals surface area contributed by atoms with Gasteiger partial charge in [-0.25, -0.2) is 0 Å². The minimum absolute atomic E-state index is 0.0148. The van der Waals surface area contributed by atoms with Crippen LogP contribution in [0.25, 0.3) is 64.6 Å². The number of hydrogen-bond donors (Lipinski definition) is 4. The Morgan fingerprint density at radius 1 is 0.248 bits per heavy atom. The van der Waals surface area contributed by atoms with Gasteiger partial charge in [0.05, 0.1) is 4.90 Å². The van der Waals surface area contributed by atoms with Gasteiger partial charge in [-0.3, -0.25) is 18.2 Å². The summed E-state index contributed by atoms with van der Waals surface area (Å²) in [6, 6.07) is 70.3. The van der Waals surface area contributed by atoms with E-state index < -0.39 is 51.1 Å². The van der Waals surface area contributed by atoms with Crippen molar-refractivity contribution in [1.29, 1.82) is 0 Å². The molecule has 0 heterocycles. The first kappa shape index (κ1) is 85.4. The number of benzene rings is 12. The summed E-state index contributed by atoms with van der Waals surface area (Å²) in [5.41, 5.74) is 8.44. The Kier molecular flexibility index (Phi) is 26.9. The summed E-state index contributed by atoms with van der Waals surface area (Å²) in [4.78, 5) is -0.163. The lowest BCUT2D eigenvalue weighted by Gasteiger charge is -2.22. The van der Waals surface area contributed by atoms with Crippen LogP contribution in [0.2, 0.25) is 0 Å². The molecular weight excluding hydrogens is 1420 g/mol. The molecular formula is C85H98O15S5. The van der Waals surface area contributed by atoms with Gasteiger partial charge >= 0.3 is 10.6 Å². The van der Waals surface area contributed by atoms with Crippen molar-refractivity contribution in [2.75, 3.05) is 0 Å². The van der Waals surface area contributed by atoms with Crippen molar-refractivity contribution in [3.05, 3.63) is 263 Å². The summed E-state index contributed by atoms with van der Waals surface area (Å²) in [5, 5.41) is 11.5. The van der Waals surface area contributed by atoms with E-state index in [9.17, 15) is 47.3 Å². The normalized spacial score (nSPS) is 12.4. The molecule has 0 radical (unpaired) electrons. The van der Waals surface area contributed by atoms with Crippen LogP contribution in [0, 0.1) is 6.92 Å². The monoisotopic (exact) mass is 1520 g/mol. The zero-order valence-corrected chi connectivity index (χ0v) is 67.3. The highest BCUT2D eigenvalue weighted by atomic mass is 32.2.